The fourth-order valence-corrected chi connectivity index (χ4v) is 3.88. The van der Waals surface area contributed by atoms with E-state index in [0.717, 1.165) is 30.9 Å². The molecule has 1 saturated heterocycles. The number of hydrogen-bond acceptors (Lipinski definition) is 5. The standard InChI is InChI=1S/C16H25ClN2O3S/c1-12-4-3-7-19(11-12)15-8-13(18-10-14(20)9-17)5-6-16(15)23(2,21)22/h5-6,8,12,14,18,20H,3-4,7,9-11H2,1-2H3. The lowest BCUT2D eigenvalue weighted by Gasteiger charge is -2.34. The molecule has 0 saturated carbocycles. The summed E-state index contributed by atoms with van der Waals surface area (Å²) in [5, 5.41) is 12.7. The molecule has 1 aromatic rings. The zero-order valence-corrected chi connectivity index (χ0v) is 15.2. The van der Waals surface area contributed by atoms with Gasteiger partial charge in [-0.15, -0.1) is 11.6 Å². The van der Waals surface area contributed by atoms with Crippen LogP contribution in [0, 0.1) is 5.92 Å². The van der Waals surface area contributed by atoms with Gasteiger partial charge in [0.25, 0.3) is 0 Å². The molecule has 2 rings (SSSR count). The molecule has 0 aliphatic carbocycles. The van der Waals surface area contributed by atoms with Gasteiger partial charge in [0.1, 0.15) is 0 Å². The van der Waals surface area contributed by atoms with E-state index < -0.39 is 15.9 Å². The van der Waals surface area contributed by atoms with E-state index in [1.165, 1.54) is 12.7 Å². The number of nitrogens with zero attached hydrogens (tertiary/aromatic N) is 1. The Labute approximate surface area is 143 Å². The first kappa shape index (κ1) is 18.4. The topological polar surface area (TPSA) is 69.6 Å². The first-order valence-electron chi connectivity index (χ1n) is 7.88. The highest BCUT2D eigenvalue weighted by molar-refractivity contribution is 7.90. The molecule has 5 nitrogen and oxygen atoms in total. The molecule has 1 aliphatic rings. The molecular formula is C16H25ClN2O3S. The smallest absolute Gasteiger partial charge is 0.177 e. The Bertz CT molecular complexity index is 636. The molecule has 1 aromatic carbocycles. The average Bonchev–Trinajstić information content (AvgIpc) is 2.51. The number of anilines is 2. The van der Waals surface area contributed by atoms with Crippen LogP contribution in [0.4, 0.5) is 11.4 Å². The summed E-state index contributed by atoms with van der Waals surface area (Å²) in [5.41, 5.74) is 1.53. The molecule has 1 fully saturated rings. The predicted octanol–water partition coefficient (Wildman–Crippen LogP) is 2.34. The highest BCUT2D eigenvalue weighted by atomic mass is 35.5. The molecule has 0 bridgehead atoms. The minimum absolute atomic E-state index is 0.158. The number of alkyl halides is 1. The third-order valence-electron chi connectivity index (χ3n) is 4.08. The van der Waals surface area contributed by atoms with Gasteiger partial charge in [0.15, 0.2) is 9.84 Å². The minimum atomic E-state index is -3.29. The van der Waals surface area contributed by atoms with Crippen molar-refractivity contribution >= 4 is 32.8 Å². The van der Waals surface area contributed by atoms with Crippen molar-refractivity contribution < 1.29 is 13.5 Å². The van der Waals surface area contributed by atoms with Crippen LogP contribution < -0.4 is 10.2 Å². The van der Waals surface area contributed by atoms with Crippen molar-refractivity contribution in [3.8, 4) is 0 Å². The van der Waals surface area contributed by atoms with Crippen LogP contribution >= 0.6 is 11.6 Å². The number of nitrogens with one attached hydrogen (secondary N) is 1. The van der Waals surface area contributed by atoms with Crippen LogP contribution in [0.5, 0.6) is 0 Å². The number of rotatable bonds is 6. The van der Waals surface area contributed by atoms with Gasteiger partial charge >= 0.3 is 0 Å². The molecule has 0 amide bonds. The third-order valence-corrected chi connectivity index (χ3v) is 5.58. The van der Waals surface area contributed by atoms with E-state index in [0.29, 0.717) is 17.4 Å². The maximum Gasteiger partial charge on any atom is 0.177 e. The summed E-state index contributed by atoms with van der Waals surface area (Å²) in [6.07, 6.45) is 2.84. The fourth-order valence-electron chi connectivity index (χ4n) is 2.89. The zero-order valence-electron chi connectivity index (χ0n) is 13.6. The van der Waals surface area contributed by atoms with Gasteiger partial charge in [-0.25, -0.2) is 8.42 Å². The van der Waals surface area contributed by atoms with E-state index in [2.05, 4.69) is 17.1 Å². The Kier molecular flexibility index (Phi) is 6.17. The van der Waals surface area contributed by atoms with Crippen molar-refractivity contribution in [3.63, 3.8) is 0 Å². The predicted molar refractivity (Wildman–Crippen MR) is 95.4 cm³/mol. The van der Waals surface area contributed by atoms with Gasteiger partial charge in [0.05, 0.1) is 22.6 Å². The number of hydrogen-bond donors (Lipinski definition) is 2. The summed E-state index contributed by atoms with van der Waals surface area (Å²) in [6.45, 7) is 4.24. The number of piperidine rings is 1. The summed E-state index contributed by atoms with van der Waals surface area (Å²) < 4.78 is 24.2. The maximum absolute atomic E-state index is 12.1. The second kappa shape index (κ2) is 7.73. The van der Waals surface area contributed by atoms with Gasteiger partial charge < -0.3 is 15.3 Å². The van der Waals surface area contributed by atoms with E-state index >= 15 is 0 Å². The lowest BCUT2D eigenvalue weighted by atomic mass is 10.00. The van der Waals surface area contributed by atoms with Crippen LogP contribution in [-0.4, -0.2) is 51.4 Å². The molecule has 2 N–H and O–H groups in total. The van der Waals surface area contributed by atoms with E-state index in [-0.39, 0.29) is 5.88 Å². The summed E-state index contributed by atoms with van der Waals surface area (Å²) in [7, 11) is -3.29. The van der Waals surface area contributed by atoms with Gasteiger partial charge in [-0.2, -0.15) is 0 Å². The van der Waals surface area contributed by atoms with Crippen LogP contribution in [0.25, 0.3) is 0 Å². The Hall–Kier alpha value is -0.980. The largest absolute Gasteiger partial charge is 0.390 e. The molecule has 2 unspecified atom stereocenters. The molecule has 130 valence electrons. The Morgan fingerprint density at radius 2 is 2.22 bits per heavy atom. The highest BCUT2D eigenvalue weighted by Crippen LogP contribution is 2.32. The lowest BCUT2D eigenvalue weighted by molar-refractivity contribution is 0.211. The van der Waals surface area contributed by atoms with Crippen molar-refractivity contribution in [2.45, 2.75) is 30.8 Å². The summed E-state index contributed by atoms with van der Waals surface area (Å²) in [4.78, 5) is 2.50. The molecule has 0 radical (unpaired) electrons. The summed E-state index contributed by atoms with van der Waals surface area (Å²) >= 11 is 5.59. The molecular weight excluding hydrogens is 336 g/mol. The number of benzene rings is 1. The number of aliphatic hydroxyl groups excluding tert-OH is 1. The van der Waals surface area contributed by atoms with Crippen LogP contribution in [0.2, 0.25) is 0 Å². The molecule has 2 atom stereocenters. The SMILES string of the molecule is CC1CCCN(c2cc(NCC(O)CCl)ccc2S(C)(=O)=O)C1. The number of aliphatic hydroxyl groups is 1. The molecule has 0 spiro atoms. The van der Waals surface area contributed by atoms with Crippen LogP contribution in [0.1, 0.15) is 19.8 Å². The van der Waals surface area contributed by atoms with Gasteiger partial charge in [-0.1, -0.05) is 6.92 Å². The van der Waals surface area contributed by atoms with Gasteiger partial charge in [-0.05, 0) is 37.0 Å². The number of sulfone groups is 1. The van der Waals surface area contributed by atoms with Crippen molar-refractivity contribution in [3.05, 3.63) is 18.2 Å². The Morgan fingerprint density at radius 3 is 2.83 bits per heavy atom. The molecule has 1 aliphatic heterocycles. The summed E-state index contributed by atoms with van der Waals surface area (Å²) in [6, 6.07) is 5.23. The molecule has 0 aromatic heterocycles. The highest BCUT2D eigenvalue weighted by Gasteiger charge is 2.23. The van der Waals surface area contributed by atoms with Crippen molar-refractivity contribution in [1.29, 1.82) is 0 Å². The summed E-state index contributed by atoms with van der Waals surface area (Å²) in [5.74, 6) is 0.705. The normalized spacial score (nSPS) is 20.3. The van der Waals surface area contributed by atoms with Crippen LogP contribution in [0.3, 0.4) is 0 Å². The van der Waals surface area contributed by atoms with Gasteiger partial charge in [0, 0.05) is 31.6 Å². The second-order valence-electron chi connectivity index (χ2n) is 6.34. The van der Waals surface area contributed by atoms with Gasteiger partial charge in [-0.3, -0.25) is 0 Å². The van der Waals surface area contributed by atoms with Crippen LogP contribution in [0.15, 0.2) is 23.1 Å². The Morgan fingerprint density at radius 1 is 1.48 bits per heavy atom. The van der Waals surface area contributed by atoms with Crippen molar-refractivity contribution in [2.75, 3.05) is 42.0 Å². The molecule has 7 heteroatoms. The van der Waals surface area contributed by atoms with E-state index in [9.17, 15) is 13.5 Å². The quantitative estimate of drug-likeness (QED) is 0.762. The Balaban J connectivity index is 2.30. The zero-order chi connectivity index (χ0) is 17.0. The molecule has 1 heterocycles. The fraction of sp³-hybridized carbons (Fsp3) is 0.625. The van der Waals surface area contributed by atoms with Crippen molar-refractivity contribution in [2.24, 2.45) is 5.92 Å². The van der Waals surface area contributed by atoms with Crippen LogP contribution in [-0.2, 0) is 9.84 Å². The maximum atomic E-state index is 12.1. The van der Waals surface area contributed by atoms with E-state index in [1.807, 2.05) is 6.07 Å². The van der Waals surface area contributed by atoms with E-state index in [1.54, 1.807) is 12.1 Å². The lowest BCUT2D eigenvalue weighted by Crippen LogP contribution is -2.35. The molecule has 23 heavy (non-hydrogen) atoms. The number of halogens is 1. The van der Waals surface area contributed by atoms with E-state index in [4.69, 9.17) is 11.6 Å². The minimum Gasteiger partial charge on any atom is -0.390 e. The monoisotopic (exact) mass is 360 g/mol. The first-order valence-corrected chi connectivity index (χ1v) is 10.3. The first-order chi connectivity index (χ1) is 10.8. The average molecular weight is 361 g/mol. The van der Waals surface area contributed by atoms with Gasteiger partial charge in [0.2, 0.25) is 0 Å². The van der Waals surface area contributed by atoms with Crippen molar-refractivity contribution in [1.82, 2.24) is 0 Å². The third kappa shape index (κ3) is 4.99. The second-order valence-corrected chi connectivity index (χ2v) is 8.63.